The topological polar surface area (TPSA) is 118 Å². The second kappa shape index (κ2) is 6.47. The number of hydrogen-bond acceptors (Lipinski definition) is 3. The van der Waals surface area contributed by atoms with E-state index in [1.807, 2.05) is 0 Å². The zero-order valence-corrected chi connectivity index (χ0v) is 11.9. The highest BCUT2D eigenvalue weighted by molar-refractivity contribution is 7.51. The second-order valence-corrected chi connectivity index (χ2v) is 6.26. The summed E-state index contributed by atoms with van der Waals surface area (Å²) in [5.74, 6) is -1.39. The van der Waals surface area contributed by atoms with Gasteiger partial charge in [-0.1, -0.05) is 37.3 Å². The Morgan fingerprint density at radius 1 is 1.35 bits per heavy atom. The molecule has 1 aromatic rings. The van der Waals surface area contributed by atoms with Crippen molar-refractivity contribution in [2.45, 2.75) is 19.4 Å². The highest BCUT2D eigenvalue weighted by Gasteiger charge is 2.37. The van der Waals surface area contributed by atoms with Crippen LogP contribution in [0.15, 0.2) is 30.3 Å². The Bertz CT molecular complexity index is 502. The molecule has 3 N–H and O–H groups in total. The Labute approximate surface area is 116 Å². The van der Waals surface area contributed by atoms with Crippen molar-refractivity contribution >= 4 is 13.6 Å². The summed E-state index contributed by atoms with van der Waals surface area (Å²) in [6.45, 7) is 0.794. The average molecular weight is 303 g/mol. The lowest BCUT2D eigenvalue weighted by atomic mass is 10.0. The summed E-state index contributed by atoms with van der Waals surface area (Å²) in [7, 11) is -4.63. The van der Waals surface area contributed by atoms with E-state index in [9.17, 15) is 14.6 Å². The van der Waals surface area contributed by atoms with Crippen LogP contribution < -0.4 is 0 Å². The molecule has 112 valence electrons. The van der Waals surface area contributed by atoms with Crippen LogP contribution in [0.1, 0.15) is 24.9 Å². The Balaban J connectivity index is 3.19. The van der Waals surface area contributed by atoms with Gasteiger partial charge in [0, 0.05) is 12.0 Å². The molecule has 0 aromatic heterocycles. The van der Waals surface area contributed by atoms with E-state index in [0.29, 0.717) is 5.56 Å². The average Bonchev–Trinajstić information content (AvgIpc) is 2.27. The Morgan fingerprint density at radius 2 is 1.90 bits per heavy atom. The second-order valence-electron chi connectivity index (χ2n) is 4.65. The maximum atomic E-state index is 12.7. The van der Waals surface area contributed by atoms with Gasteiger partial charge < -0.3 is 24.7 Å². The zero-order valence-electron chi connectivity index (χ0n) is 11.0. The number of hydroxylamine groups is 3. The van der Waals surface area contributed by atoms with Gasteiger partial charge in [-0.25, -0.2) is 4.79 Å². The van der Waals surface area contributed by atoms with Gasteiger partial charge in [0.05, 0.1) is 0 Å². The van der Waals surface area contributed by atoms with Gasteiger partial charge in [0.2, 0.25) is 0 Å². The van der Waals surface area contributed by atoms with Crippen molar-refractivity contribution < 1.29 is 28.9 Å². The van der Waals surface area contributed by atoms with Crippen LogP contribution in [-0.4, -0.2) is 38.3 Å². The molecule has 0 saturated carbocycles. The van der Waals surface area contributed by atoms with Gasteiger partial charge >= 0.3 is 13.6 Å². The summed E-state index contributed by atoms with van der Waals surface area (Å²) in [6.07, 6.45) is -0.770. The number of quaternary nitrogens is 1. The predicted octanol–water partition coefficient (Wildman–Crippen LogP) is 1.67. The van der Waals surface area contributed by atoms with E-state index in [1.54, 1.807) is 37.3 Å². The van der Waals surface area contributed by atoms with E-state index >= 15 is 0 Å². The third kappa shape index (κ3) is 4.70. The van der Waals surface area contributed by atoms with Crippen molar-refractivity contribution in [1.82, 2.24) is 0 Å². The molecule has 0 saturated heterocycles. The number of benzene rings is 1. The van der Waals surface area contributed by atoms with Crippen molar-refractivity contribution in [2.24, 2.45) is 0 Å². The first-order valence-corrected chi connectivity index (χ1v) is 7.87. The molecule has 20 heavy (non-hydrogen) atoms. The van der Waals surface area contributed by atoms with Gasteiger partial charge in [-0.15, -0.1) is 0 Å². The molecule has 1 aromatic carbocycles. The van der Waals surface area contributed by atoms with Crippen LogP contribution in [0.5, 0.6) is 0 Å². The first-order chi connectivity index (χ1) is 9.18. The van der Waals surface area contributed by atoms with E-state index < -0.39 is 37.1 Å². The lowest BCUT2D eigenvalue weighted by Gasteiger charge is -2.47. The molecule has 0 aliphatic heterocycles. The van der Waals surface area contributed by atoms with E-state index in [4.69, 9.17) is 14.9 Å². The summed E-state index contributed by atoms with van der Waals surface area (Å²) >= 11 is 0. The third-order valence-corrected chi connectivity index (χ3v) is 3.81. The van der Waals surface area contributed by atoms with Gasteiger partial charge in [0.1, 0.15) is 6.04 Å². The molecule has 0 bridgehead atoms. The van der Waals surface area contributed by atoms with Gasteiger partial charge in [0.15, 0.2) is 12.8 Å². The number of carboxylic acids is 1. The molecule has 8 heteroatoms. The molecular formula is C12H18NO6P. The molecule has 0 amide bonds. The largest absolute Gasteiger partial charge is 0.632 e. The molecule has 0 spiro atoms. The molecule has 0 radical (unpaired) electrons. The predicted molar refractivity (Wildman–Crippen MR) is 72.5 cm³/mol. The maximum Gasteiger partial charge on any atom is 0.379 e. The highest BCUT2D eigenvalue weighted by atomic mass is 31.2. The molecular weight excluding hydrogens is 285 g/mol. The number of hydrogen-bond donors (Lipinski definition) is 3. The summed E-state index contributed by atoms with van der Waals surface area (Å²) in [4.78, 5) is 29.0. The van der Waals surface area contributed by atoms with Gasteiger partial charge in [-0.05, 0) is 0 Å². The Morgan fingerprint density at radius 3 is 2.30 bits per heavy atom. The van der Waals surface area contributed by atoms with Crippen molar-refractivity contribution in [3.8, 4) is 0 Å². The van der Waals surface area contributed by atoms with E-state index in [0.717, 1.165) is 0 Å². The van der Waals surface area contributed by atoms with Gasteiger partial charge in [0.25, 0.3) is 0 Å². The van der Waals surface area contributed by atoms with Crippen molar-refractivity contribution in [3.05, 3.63) is 41.1 Å². The number of nitrogens with zero attached hydrogens (tertiary/aromatic N) is 1. The molecule has 0 heterocycles. The van der Waals surface area contributed by atoms with Crippen LogP contribution in [0.3, 0.4) is 0 Å². The third-order valence-electron chi connectivity index (χ3n) is 2.97. The standard InChI is InChI=1S/C12H18NO6P/c1-2-11(10-6-4-3-5-7-10)13(16,8-12(14)15)9-20(17,18)19/h3-7,11H,2,8-9H2,1H3,(H,14,15)(H2,17,18,19). The summed E-state index contributed by atoms with van der Waals surface area (Å²) < 4.78 is 9.69. The lowest BCUT2D eigenvalue weighted by molar-refractivity contribution is -0.894. The SMILES string of the molecule is CCC(c1ccccc1)[N+]([O-])(CC(=O)O)CP(=O)(O)O. The maximum absolute atomic E-state index is 12.7. The normalized spacial score (nSPS) is 16.4. The quantitative estimate of drug-likeness (QED) is 0.400. The molecule has 0 aliphatic carbocycles. The fraction of sp³-hybridized carbons (Fsp3) is 0.417. The summed E-state index contributed by atoms with van der Waals surface area (Å²) in [6, 6.07) is 7.61. The Hall–Kier alpha value is -1.24. The first-order valence-electron chi connectivity index (χ1n) is 6.07. The fourth-order valence-corrected chi connectivity index (χ4v) is 3.24. The van der Waals surface area contributed by atoms with Crippen LogP contribution in [0.4, 0.5) is 0 Å². The van der Waals surface area contributed by atoms with Gasteiger partial charge in [-0.2, -0.15) is 0 Å². The molecule has 0 fully saturated rings. The van der Waals surface area contributed by atoms with Crippen LogP contribution in [0.25, 0.3) is 0 Å². The summed E-state index contributed by atoms with van der Waals surface area (Å²) in [5, 5.41) is 21.6. The van der Waals surface area contributed by atoms with E-state index in [2.05, 4.69) is 0 Å². The molecule has 0 aliphatic rings. The number of carboxylic acid groups (broad SMARTS) is 1. The van der Waals surface area contributed by atoms with Crippen LogP contribution in [0, 0.1) is 5.21 Å². The molecule has 2 unspecified atom stereocenters. The number of aliphatic carboxylic acids is 1. The minimum atomic E-state index is -4.63. The first kappa shape index (κ1) is 16.8. The molecule has 7 nitrogen and oxygen atoms in total. The minimum absolute atomic E-state index is 0.279. The van der Waals surface area contributed by atoms with Gasteiger partial charge in [-0.3, -0.25) is 4.57 Å². The molecule has 2 atom stereocenters. The summed E-state index contributed by atoms with van der Waals surface area (Å²) in [5.41, 5.74) is 0.569. The Kier molecular flexibility index (Phi) is 5.44. The van der Waals surface area contributed by atoms with Crippen molar-refractivity contribution in [1.29, 1.82) is 0 Å². The molecule has 1 rings (SSSR count). The fourth-order valence-electron chi connectivity index (χ4n) is 2.31. The van der Waals surface area contributed by atoms with Crippen LogP contribution in [-0.2, 0) is 9.36 Å². The zero-order chi connectivity index (χ0) is 15.4. The highest BCUT2D eigenvalue weighted by Crippen LogP contribution is 2.43. The number of carbonyl (C=O) groups is 1. The lowest BCUT2D eigenvalue weighted by Crippen LogP contribution is -2.49. The number of rotatable bonds is 7. The van der Waals surface area contributed by atoms with E-state index in [-0.39, 0.29) is 6.42 Å². The smallest absolute Gasteiger partial charge is 0.379 e. The monoisotopic (exact) mass is 303 g/mol. The minimum Gasteiger partial charge on any atom is -0.632 e. The van der Waals surface area contributed by atoms with Crippen molar-refractivity contribution in [2.75, 3.05) is 12.8 Å². The van der Waals surface area contributed by atoms with Crippen LogP contribution in [0.2, 0.25) is 0 Å². The van der Waals surface area contributed by atoms with Crippen molar-refractivity contribution in [3.63, 3.8) is 0 Å². The van der Waals surface area contributed by atoms with E-state index in [1.165, 1.54) is 0 Å². The van der Waals surface area contributed by atoms with Crippen LogP contribution >= 0.6 is 7.60 Å².